The lowest BCUT2D eigenvalue weighted by molar-refractivity contribution is -0.122. The van der Waals surface area contributed by atoms with E-state index in [0.717, 1.165) is 10.9 Å². The Kier molecular flexibility index (Phi) is 4.71. The summed E-state index contributed by atoms with van der Waals surface area (Å²) in [7, 11) is 0. The molecule has 3 aromatic carbocycles. The molecule has 7 heteroatoms. The Labute approximate surface area is 177 Å². The first-order valence-corrected chi connectivity index (χ1v) is 10.0. The van der Waals surface area contributed by atoms with Gasteiger partial charge in [0.15, 0.2) is 0 Å². The largest absolute Gasteiger partial charge is 0.344 e. The maximum absolute atomic E-state index is 14.5. The van der Waals surface area contributed by atoms with Crippen molar-refractivity contribution < 1.29 is 14.0 Å². The number of hydrogen-bond donors (Lipinski definition) is 3. The highest BCUT2D eigenvalue weighted by atomic mass is 19.1. The number of halogens is 1. The van der Waals surface area contributed by atoms with E-state index in [2.05, 4.69) is 45.1 Å². The molecule has 0 radical (unpaired) electrons. The number of H-pyrrole nitrogens is 1. The van der Waals surface area contributed by atoms with E-state index in [-0.39, 0.29) is 11.6 Å². The quantitative estimate of drug-likeness (QED) is 0.467. The van der Waals surface area contributed by atoms with Crippen LogP contribution in [0, 0.1) is 5.82 Å². The second-order valence-electron chi connectivity index (χ2n) is 7.57. The third-order valence-corrected chi connectivity index (χ3v) is 5.46. The van der Waals surface area contributed by atoms with Crippen molar-refractivity contribution in [3.8, 4) is 0 Å². The predicted molar refractivity (Wildman–Crippen MR) is 119 cm³/mol. The van der Waals surface area contributed by atoms with Crippen molar-refractivity contribution in [3.05, 3.63) is 71.7 Å². The predicted octanol–water partition coefficient (Wildman–Crippen LogP) is 4.24. The van der Waals surface area contributed by atoms with Crippen LogP contribution >= 0.6 is 0 Å². The van der Waals surface area contributed by atoms with Crippen molar-refractivity contribution in [2.75, 3.05) is 5.32 Å². The number of hydrogen-bond acceptors (Lipinski definition) is 3. The van der Waals surface area contributed by atoms with Gasteiger partial charge in [-0.1, -0.05) is 42.5 Å². The highest BCUT2D eigenvalue weighted by Crippen LogP contribution is 2.26. The molecule has 0 saturated carbocycles. The molecular weight excluding hydrogens is 395 g/mol. The van der Waals surface area contributed by atoms with Gasteiger partial charge in [-0.3, -0.25) is 14.7 Å². The number of aromatic nitrogens is 2. The van der Waals surface area contributed by atoms with Gasteiger partial charge in [0.05, 0.1) is 16.9 Å². The lowest BCUT2D eigenvalue weighted by Crippen LogP contribution is -2.37. The molecule has 154 valence electrons. The molecule has 1 atom stereocenters. The van der Waals surface area contributed by atoms with Gasteiger partial charge < -0.3 is 10.6 Å². The van der Waals surface area contributed by atoms with Gasteiger partial charge in [-0.2, -0.15) is 5.10 Å². The van der Waals surface area contributed by atoms with E-state index in [9.17, 15) is 14.0 Å². The first-order valence-electron chi connectivity index (χ1n) is 10.0. The lowest BCUT2D eigenvalue weighted by Gasteiger charge is -2.11. The SMILES string of the molecule is O=C1CC[C@@H](C(=O)Nc2cc3c(/C=C/c4ccc5ccccc5c4)n[nH]c3cc2F)N1. The summed E-state index contributed by atoms with van der Waals surface area (Å²) in [6.07, 6.45) is 4.49. The fraction of sp³-hybridized carbons (Fsp3) is 0.125. The first kappa shape index (κ1) is 19.0. The molecular formula is C24H19FN4O2. The summed E-state index contributed by atoms with van der Waals surface area (Å²) >= 11 is 0. The summed E-state index contributed by atoms with van der Waals surface area (Å²) < 4.78 is 14.5. The van der Waals surface area contributed by atoms with E-state index in [1.807, 2.05) is 30.4 Å². The fourth-order valence-corrected chi connectivity index (χ4v) is 3.80. The summed E-state index contributed by atoms with van der Waals surface area (Å²) in [6, 6.07) is 16.5. The fourth-order valence-electron chi connectivity index (χ4n) is 3.80. The zero-order valence-corrected chi connectivity index (χ0v) is 16.5. The average molecular weight is 414 g/mol. The Morgan fingerprint density at radius 2 is 1.94 bits per heavy atom. The number of rotatable bonds is 4. The second kappa shape index (κ2) is 7.68. The van der Waals surface area contributed by atoms with Gasteiger partial charge in [0.2, 0.25) is 11.8 Å². The molecule has 1 aliphatic rings. The second-order valence-corrected chi connectivity index (χ2v) is 7.57. The van der Waals surface area contributed by atoms with Crippen LogP contribution in [0.5, 0.6) is 0 Å². The molecule has 6 nitrogen and oxygen atoms in total. The molecule has 0 spiro atoms. The van der Waals surface area contributed by atoms with Crippen molar-refractivity contribution >= 4 is 51.3 Å². The maximum Gasteiger partial charge on any atom is 0.247 e. The average Bonchev–Trinajstić information content (AvgIpc) is 3.38. The molecule has 1 aromatic heterocycles. The highest BCUT2D eigenvalue weighted by molar-refractivity contribution is 6.01. The highest BCUT2D eigenvalue weighted by Gasteiger charge is 2.27. The molecule has 0 unspecified atom stereocenters. The summed E-state index contributed by atoms with van der Waals surface area (Å²) in [5.41, 5.74) is 2.23. The third kappa shape index (κ3) is 3.77. The zero-order valence-electron chi connectivity index (χ0n) is 16.5. The van der Waals surface area contributed by atoms with E-state index in [0.29, 0.717) is 29.4 Å². The Bertz CT molecular complexity index is 1360. The Morgan fingerprint density at radius 1 is 1.10 bits per heavy atom. The number of fused-ring (bicyclic) bond motifs is 2. The van der Waals surface area contributed by atoms with Crippen LogP contribution in [0.25, 0.3) is 33.8 Å². The number of carbonyl (C=O) groups excluding carboxylic acids is 2. The normalized spacial score (nSPS) is 16.3. The molecule has 5 rings (SSSR count). The van der Waals surface area contributed by atoms with Crippen LogP contribution in [0.1, 0.15) is 24.1 Å². The molecule has 0 bridgehead atoms. The van der Waals surface area contributed by atoms with Gasteiger partial charge >= 0.3 is 0 Å². The lowest BCUT2D eigenvalue weighted by atomic mass is 10.1. The van der Waals surface area contributed by atoms with Crippen LogP contribution in [0.15, 0.2) is 54.6 Å². The Hall–Kier alpha value is -4.00. The van der Waals surface area contributed by atoms with Crippen molar-refractivity contribution in [2.45, 2.75) is 18.9 Å². The minimum Gasteiger partial charge on any atom is -0.344 e. The summed E-state index contributed by atoms with van der Waals surface area (Å²) in [6.45, 7) is 0. The Morgan fingerprint density at radius 3 is 2.74 bits per heavy atom. The van der Waals surface area contributed by atoms with Crippen LogP contribution in [0.4, 0.5) is 10.1 Å². The molecule has 4 aromatic rings. The molecule has 31 heavy (non-hydrogen) atoms. The van der Waals surface area contributed by atoms with Crippen molar-refractivity contribution in [2.24, 2.45) is 0 Å². The molecule has 1 fully saturated rings. The van der Waals surface area contributed by atoms with Gasteiger partial charge in [-0.15, -0.1) is 0 Å². The molecule has 1 aliphatic heterocycles. The van der Waals surface area contributed by atoms with Gasteiger partial charge in [-0.25, -0.2) is 4.39 Å². The topological polar surface area (TPSA) is 86.9 Å². The van der Waals surface area contributed by atoms with Crippen LogP contribution in [0.3, 0.4) is 0 Å². The number of anilines is 1. The van der Waals surface area contributed by atoms with Crippen LogP contribution < -0.4 is 10.6 Å². The van der Waals surface area contributed by atoms with Crippen molar-refractivity contribution in [3.63, 3.8) is 0 Å². The van der Waals surface area contributed by atoms with Gasteiger partial charge in [-0.05, 0) is 41.0 Å². The minimum atomic E-state index is -0.640. The maximum atomic E-state index is 14.5. The number of amides is 2. The smallest absolute Gasteiger partial charge is 0.247 e. The third-order valence-electron chi connectivity index (χ3n) is 5.46. The number of nitrogens with one attached hydrogen (secondary N) is 3. The van der Waals surface area contributed by atoms with Gasteiger partial charge in [0.25, 0.3) is 0 Å². The van der Waals surface area contributed by atoms with Crippen LogP contribution in [-0.2, 0) is 9.59 Å². The van der Waals surface area contributed by atoms with E-state index in [1.165, 1.54) is 11.5 Å². The van der Waals surface area contributed by atoms with E-state index >= 15 is 0 Å². The number of benzene rings is 3. The van der Waals surface area contributed by atoms with E-state index in [1.54, 1.807) is 6.07 Å². The van der Waals surface area contributed by atoms with Gasteiger partial charge in [0.1, 0.15) is 11.9 Å². The summed E-state index contributed by atoms with van der Waals surface area (Å²) in [4.78, 5) is 23.7. The minimum absolute atomic E-state index is 0.0559. The van der Waals surface area contributed by atoms with E-state index < -0.39 is 17.8 Å². The number of nitrogens with zero attached hydrogens (tertiary/aromatic N) is 1. The monoisotopic (exact) mass is 414 g/mol. The molecule has 2 amide bonds. The summed E-state index contributed by atoms with van der Waals surface area (Å²) in [5.74, 6) is -1.17. The Balaban J connectivity index is 1.42. The van der Waals surface area contributed by atoms with Crippen molar-refractivity contribution in [1.29, 1.82) is 0 Å². The van der Waals surface area contributed by atoms with E-state index in [4.69, 9.17) is 0 Å². The standard InChI is InChI=1S/C24H19FN4O2/c25-18-13-21-17(12-22(18)27-24(31)20-9-10-23(30)26-20)19(28-29-21)8-6-14-5-7-15-3-1-2-4-16(15)11-14/h1-8,11-13,20H,9-10H2,(H,26,30)(H,27,31)(H,28,29)/b8-6+/t20-/m0/s1. The molecule has 2 heterocycles. The molecule has 0 aliphatic carbocycles. The zero-order chi connectivity index (χ0) is 21.4. The molecule has 3 N–H and O–H groups in total. The van der Waals surface area contributed by atoms with Crippen LogP contribution in [0.2, 0.25) is 0 Å². The number of aromatic amines is 1. The number of carbonyl (C=O) groups is 2. The first-order chi connectivity index (χ1) is 15.1. The molecule has 1 saturated heterocycles. The summed E-state index contributed by atoms with van der Waals surface area (Å²) in [5, 5.41) is 15.3. The van der Waals surface area contributed by atoms with Crippen LogP contribution in [-0.4, -0.2) is 28.1 Å². The van der Waals surface area contributed by atoms with Gasteiger partial charge in [0, 0.05) is 17.9 Å². The van der Waals surface area contributed by atoms with Crippen molar-refractivity contribution in [1.82, 2.24) is 15.5 Å².